The second-order valence-electron chi connectivity index (χ2n) is 4.31. The van der Waals surface area contributed by atoms with E-state index >= 15 is 0 Å². The molecule has 0 saturated carbocycles. The van der Waals surface area contributed by atoms with Gasteiger partial charge in [-0.1, -0.05) is 0 Å². The largest absolute Gasteiger partial charge is 0.383 e. The van der Waals surface area contributed by atoms with E-state index in [1.54, 1.807) is 19.1 Å². The van der Waals surface area contributed by atoms with Crippen LogP contribution in [0.4, 0.5) is 8.78 Å². The Morgan fingerprint density at radius 2 is 1.75 bits per heavy atom. The first-order valence-electron chi connectivity index (χ1n) is 6.27. The van der Waals surface area contributed by atoms with E-state index in [4.69, 9.17) is 9.47 Å². The molecule has 6 heteroatoms. The van der Waals surface area contributed by atoms with E-state index in [-0.39, 0.29) is 12.1 Å². The number of rotatable bonds is 9. The average molecular weight is 287 g/mol. The Labute approximate surface area is 117 Å². The Morgan fingerprint density at radius 1 is 1.15 bits per heavy atom. The molecule has 0 unspecified atom stereocenters. The molecule has 0 bridgehead atoms. The first kappa shape index (κ1) is 16.7. The Kier molecular flexibility index (Phi) is 7.28. The van der Waals surface area contributed by atoms with Gasteiger partial charge in [0, 0.05) is 33.4 Å². The summed E-state index contributed by atoms with van der Waals surface area (Å²) in [7, 11) is 3.13. The first-order chi connectivity index (χ1) is 9.58. The minimum atomic E-state index is -0.839. The van der Waals surface area contributed by atoms with Crippen LogP contribution in [-0.4, -0.2) is 57.8 Å². The summed E-state index contributed by atoms with van der Waals surface area (Å²) in [4.78, 5) is 13.8. The molecule has 0 N–H and O–H groups in total. The SMILES string of the molecule is COCCN(CCOC)CC(=O)c1ccc(F)cc1F. The monoisotopic (exact) mass is 287 g/mol. The highest BCUT2D eigenvalue weighted by molar-refractivity contribution is 5.97. The molecule has 0 fully saturated rings. The van der Waals surface area contributed by atoms with Crippen LogP contribution in [0.15, 0.2) is 18.2 Å². The van der Waals surface area contributed by atoms with Gasteiger partial charge in [0.25, 0.3) is 0 Å². The summed E-state index contributed by atoms with van der Waals surface area (Å²) in [6.45, 7) is 2.03. The van der Waals surface area contributed by atoms with Crippen LogP contribution in [0, 0.1) is 11.6 Å². The van der Waals surface area contributed by atoms with E-state index in [1.807, 2.05) is 0 Å². The third kappa shape index (κ3) is 5.32. The van der Waals surface area contributed by atoms with Gasteiger partial charge < -0.3 is 9.47 Å². The molecule has 0 aromatic heterocycles. The molecule has 112 valence electrons. The molecule has 0 spiro atoms. The number of carbonyl (C=O) groups excluding carboxylic acids is 1. The molecule has 0 aliphatic rings. The molecule has 0 amide bonds. The standard InChI is InChI=1S/C14H19F2NO3/c1-19-7-5-17(6-8-20-2)10-14(18)12-4-3-11(15)9-13(12)16/h3-4,9H,5-8,10H2,1-2H3. The van der Waals surface area contributed by atoms with Crippen LogP contribution in [0.2, 0.25) is 0 Å². The number of halogens is 2. The smallest absolute Gasteiger partial charge is 0.179 e. The number of hydrogen-bond acceptors (Lipinski definition) is 4. The molecule has 1 rings (SSSR count). The second-order valence-corrected chi connectivity index (χ2v) is 4.31. The van der Waals surface area contributed by atoms with E-state index in [1.165, 1.54) is 0 Å². The maximum Gasteiger partial charge on any atom is 0.179 e. The lowest BCUT2D eigenvalue weighted by Gasteiger charge is -2.20. The van der Waals surface area contributed by atoms with Crippen LogP contribution in [0.25, 0.3) is 0 Å². The van der Waals surface area contributed by atoms with Crippen molar-refractivity contribution in [1.29, 1.82) is 0 Å². The van der Waals surface area contributed by atoms with Crippen molar-refractivity contribution in [3.8, 4) is 0 Å². The lowest BCUT2D eigenvalue weighted by molar-refractivity contribution is 0.0833. The zero-order valence-electron chi connectivity index (χ0n) is 11.7. The fourth-order valence-corrected chi connectivity index (χ4v) is 1.71. The van der Waals surface area contributed by atoms with E-state index in [0.29, 0.717) is 32.4 Å². The number of benzene rings is 1. The molecule has 1 aromatic rings. The maximum absolute atomic E-state index is 13.5. The van der Waals surface area contributed by atoms with Crippen molar-refractivity contribution < 1.29 is 23.0 Å². The molecular weight excluding hydrogens is 268 g/mol. The van der Waals surface area contributed by atoms with E-state index in [9.17, 15) is 13.6 Å². The van der Waals surface area contributed by atoms with Crippen molar-refractivity contribution in [2.24, 2.45) is 0 Å². The number of methoxy groups -OCH3 is 2. The van der Waals surface area contributed by atoms with Crippen molar-refractivity contribution in [1.82, 2.24) is 4.90 Å². The molecule has 0 aliphatic heterocycles. The van der Waals surface area contributed by atoms with E-state index in [2.05, 4.69) is 0 Å². The van der Waals surface area contributed by atoms with E-state index < -0.39 is 17.4 Å². The quantitative estimate of drug-likeness (QED) is 0.649. The van der Waals surface area contributed by atoms with Gasteiger partial charge in [-0.25, -0.2) is 8.78 Å². The number of nitrogens with zero attached hydrogens (tertiary/aromatic N) is 1. The van der Waals surface area contributed by atoms with Gasteiger partial charge in [0.15, 0.2) is 5.78 Å². The van der Waals surface area contributed by atoms with Gasteiger partial charge in [-0.2, -0.15) is 0 Å². The molecular formula is C14H19F2NO3. The van der Waals surface area contributed by atoms with Crippen LogP contribution in [0.5, 0.6) is 0 Å². The fraction of sp³-hybridized carbons (Fsp3) is 0.500. The number of Topliss-reactive ketones (excluding diaryl/α,β-unsaturated/α-hetero) is 1. The molecule has 0 aliphatic carbocycles. The Hall–Kier alpha value is -1.37. The summed E-state index contributed by atoms with van der Waals surface area (Å²) in [5, 5.41) is 0. The van der Waals surface area contributed by atoms with Gasteiger partial charge in [-0.3, -0.25) is 9.69 Å². The van der Waals surface area contributed by atoms with Crippen LogP contribution in [-0.2, 0) is 9.47 Å². The summed E-state index contributed by atoms with van der Waals surface area (Å²) in [5.74, 6) is -1.93. The van der Waals surface area contributed by atoms with Gasteiger partial charge in [-0.15, -0.1) is 0 Å². The molecule has 4 nitrogen and oxygen atoms in total. The van der Waals surface area contributed by atoms with Crippen molar-refractivity contribution in [2.45, 2.75) is 0 Å². The normalized spacial score (nSPS) is 11.1. The predicted molar refractivity (Wildman–Crippen MR) is 70.9 cm³/mol. The maximum atomic E-state index is 13.5. The summed E-state index contributed by atoms with van der Waals surface area (Å²) >= 11 is 0. The van der Waals surface area contributed by atoms with Crippen LogP contribution < -0.4 is 0 Å². The van der Waals surface area contributed by atoms with Gasteiger partial charge in [-0.05, 0) is 12.1 Å². The second kappa shape index (κ2) is 8.73. The minimum absolute atomic E-state index is 0.0370. The molecule has 20 heavy (non-hydrogen) atoms. The lowest BCUT2D eigenvalue weighted by atomic mass is 10.1. The van der Waals surface area contributed by atoms with Crippen molar-refractivity contribution >= 4 is 5.78 Å². The van der Waals surface area contributed by atoms with Crippen molar-refractivity contribution in [3.05, 3.63) is 35.4 Å². The highest BCUT2D eigenvalue weighted by Crippen LogP contribution is 2.11. The molecule has 0 saturated heterocycles. The average Bonchev–Trinajstić information content (AvgIpc) is 2.41. The summed E-state index contributed by atoms with van der Waals surface area (Å²) in [6.07, 6.45) is 0. The number of hydrogen-bond donors (Lipinski definition) is 0. The van der Waals surface area contributed by atoms with Crippen LogP contribution in [0.3, 0.4) is 0 Å². The van der Waals surface area contributed by atoms with Gasteiger partial charge in [0.2, 0.25) is 0 Å². The van der Waals surface area contributed by atoms with Crippen molar-refractivity contribution in [2.75, 3.05) is 47.1 Å². The van der Waals surface area contributed by atoms with Gasteiger partial charge in [0.05, 0.1) is 25.3 Å². The summed E-state index contributed by atoms with van der Waals surface area (Å²) < 4.78 is 36.3. The molecule has 1 aromatic carbocycles. The number of carbonyl (C=O) groups is 1. The number of ketones is 1. The zero-order valence-corrected chi connectivity index (χ0v) is 11.7. The minimum Gasteiger partial charge on any atom is -0.383 e. The summed E-state index contributed by atoms with van der Waals surface area (Å²) in [5.41, 5.74) is -0.105. The van der Waals surface area contributed by atoms with Crippen molar-refractivity contribution in [3.63, 3.8) is 0 Å². The molecule has 0 radical (unpaired) electrons. The van der Waals surface area contributed by atoms with Gasteiger partial charge in [0.1, 0.15) is 11.6 Å². The third-order valence-electron chi connectivity index (χ3n) is 2.82. The fourth-order valence-electron chi connectivity index (χ4n) is 1.71. The Bertz CT molecular complexity index is 432. The Morgan fingerprint density at radius 3 is 2.25 bits per heavy atom. The zero-order chi connectivity index (χ0) is 15.0. The lowest BCUT2D eigenvalue weighted by Crippen LogP contribution is -2.35. The van der Waals surface area contributed by atoms with Crippen LogP contribution in [0.1, 0.15) is 10.4 Å². The third-order valence-corrected chi connectivity index (χ3v) is 2.82. The molecule has 0 atom stereocenters. The number of ether oxygens (including phenoxy) is 2. The van der Waals surface area contributed by atoms with Gasteiger partial charge >= 0.3 is 0 Å². The Balaban J connectivity index is 2.68. The highest BCUT2D eigenvalue weighted by Gasteiger charge is 2.16. The first-order valence-corrected chi connectivity index (χ1v) is 6.27. The topological polar surface area (TPSA) is 38.8 Å². The van der Waals surface area contributed by atoms with Crippen LogP contribution >= 0.6 is 0 Å². The van der Waals surface area contributed by atoms with E-state index in [0.717, 1.165) is 12.1 Å². The highest BCUT2D eigenvalue weighted by atomic mass is 19.1. The molecule has 0 heterocycles. The summed E-state index contributed by atoms with van der Waals surface area (Å²) in [6, 6.07) is 2.95. The predicted octanol–water partition coefficient (Wildman–Crippen LogP) is 1.74.